The number of carbonyl (C=O) groups is 1. The van der Waals surface area contributed by atoms with E-state index in [0.717, 1.165) is 24.3 Å². The molecule has 0 amide bonds. The fourth-order valence-corrected chi connectivity index (χ4v) is 4.37. The molecule has 0 bridgehead atoms. The van der Waals surface area contributed by atoms with E-state index in [1.54, 1.807) is 10.6 Å². The molecular weight excluding hydrogens is 446 g/mol. The Bertz CT molecular complexity index is 1430. The molecule has 1 aliphatic heterocycles. The normalized spacial score (nSPS) is 13.7. The molecule has 0 radical (unpaired) electrons. The van der Waals surface area contributed by atoms with Crippen LogP contribution in [-0.2, 0) is 16.0 Å². The van der Waals surface area contributed by atoms with Crippen molar-refractivity contribution in [1.82, 2.24) is 9.55 Å². The highest BCUT2D eigenvalue weighted by atomic mass is 16.5. The second kappa shape index (κ2) is 9.60. The molecule has 0 unspecified atom stereocenters. The minimum Gasteiger partial charge on any atom is -0.505 e. The van der Waals surface area contributed by atoms with Crippen molar-refractivity contribution >= 4 is 22.6 Å². The fraction of sp³-hybridized carbons (Fsp3) is 0.222. The number of methoxy groups -OCH3 is 1. The predicted molar refractivity (Wildman–Crippen MR) is 133 cm³/mol. The van der Waals surface area contributed by atoms with Crippen LogP contribution in [-0.4, -0.2) is 54.0 Å². The highest BCUT2D eigenvalue weighted by molar-refractivity contribution is 5.99. The van der Waals surface area contributed by atoms with Crippen LogP contribution in [0.1, 0.15) is 16.1 Å². The molecule has 178 valence electrons. The Kier molecular flexibility index (Phi) is 6.20. The van der Waals surface area contributed by atoms with E-state index in [1.165, 1.54) is 13.3 Å². The first-order valence-corrected chi connectivity index (χ1v) is 11.4. The Labute approximate surface area is 202 Å². The van der Waals surface area contributed by atoms with Gasteiger partial charge in [-0.15, -0.1) is 0 Å². The van der Waals surface area contributed by atoms with Gasteiger partial charge < -0.3 is 24.0 Å². The molecule has 0 atom stereocenters. The van der Waals surface area contributed by atoms with Gasteiger partial charge in [-0.1, -0.05) is 42.5 Å². The number of carbonyl (C=O) groups excluding carboxylic acids is 1. The minimum atomic E-state index is -0.748. The molecule has 8 nitrogen and oxygen atoms in total. The number of ether oxygens (including phenoxy) is 2. The zero-order chi connectivity index (χ0) is 24.4. The number of nitrogens with zero attached hydrogens (tertiary/aromatic N) is 3. The average molecular weight is 472 g/mol. The van der Waals surface area contributed by atoms with Gasteiger partial charge in [0, 0.05) is 29.7 Å². The van der Waals surface area contributed by atoms with Crippen LogP contribution in [0.5, 0.6) is 5.75 Å². The monoisotopic (exact) mass is 471 g/mol. The van der Waals surface area contributed by atoms with Crippen LogP contribution in [0, 0.1) is 0 Å². The maximum atomic E-state index is 13.7. The summed E-state index contributed by atoms with van der Waals surface area (Å²) in [5, 5.41) is 11.3. The number of fused-ring (bicyclic) bond motifs is 1. The third kappa shape index (κ3) is 4.36. The van der Waals surface area contributed by atoms with Gasteiger partial charge in [0.1, 0.15) is 0 Å². The topological polar surface area (TPSA) is 93.9 Å². The van der Waals surface area contributed by atoms with Crippen LogP contribution in [0.15, 0.2) is 71.7 Å². The summed E-state index contributed by atoms with van der Waals surface area (Å²) in [6, 6.07) is 19.0. The van der Waals surface area contributed by atoms with Gasteiger partial charge in [-0.2, -0.15) is 0 Å². The Balaban J connectivity index is 1.66. The molecule has 3 heterocycles. The lowest BCUT2D eigenvalue weighted by molar-refractivity contribution is 0.0591. The lowest BCUT2D eigenvalue weighted by Crippen LogP contribution is -2.36. The van der Waals surface area contributed by atoms with Gasteiger partial charge in [0.25, 0.3) is 5.56 Å². The highest BCUT2D eigenvalue weighted by Gasteiger charge is 2.21. The van der Waals surface area contributed by atoms with Crippen molar-refractivity contribution in [3.05, 3.63) is 88.5 Å². The van der Waals surface area contributed by atoms with Crippen LogP contribution < -0.4 is 10.5 Å². The summed E-state index contributed by atoms with van der Waals surface area (Å²) in [4.78, 5) is 32.2. The lowest BCUT2D eigenvalue weighted by atomic mass is 10.0. The fourth-order valence-electron chi connectivity index (χ4n) is 4.37. The third-order valence-electron chi connectivity index (χ3n) is 6.24. The van der Waals surface area contributed by atoms with Crippen molar-refractivity contribution in [1.29, 1.82) is 0 Å². The maximum absolute atomic E-state index is 13.7. The molecular formula is C27H25N3O5. The molecule has 2 aromatic carbocycles. The number of benzene rings is 2. The van der Waals surface area contributed by atoms with E-state index in [0.29, 0.717) is 35.2 Å². The molecule has 2 aromatic heterocycles. The third-order valence-corrected chi connectivity index (χ3v) is 6.24. The van der Waals surface area contributed by atoms with E-state index in [1.807, 2.05) is 54.6 Å². The van der Waals surface area contributed by atoms with E-state index in [4.69, 9.17) is 9.47 Å². The summed E-state index contributed by atoms with van der Waals surface area (Å²) >= 11 is 0. The van der Waals surface area contributed by atoms with E-state index in [9.17, 15) is 14.7 Å². The number of morpholine rings is 1. The van der Waals surface area contributed by atoms with Crippen molar-refractivity contribution in [2.24, 2.45) is 0 Å². The van der Waals surface area contributed by atoms with Crippen LogP contribution in [0.3, 0.4) is 0 Å². The van der Waals surface area contributed by atoms with Crippen molar-refractivity contribution < 1.29 is 19.4 Å². The SMILES string of the molecule is COC(=O)c1ncc2c(cc(-c3ccc(N4CCOCC4)cc3)c(=O)n2Cc2ccccc2)c1O. The van der Waals surface area contributed by atoms with Crippen molar-refractivity contribution in [2.45, 2.75) is 6.54 Å². The first-order valence-electron chi connectivity index (χ1n) is 11.4. The van der Waals surface area contributed by atoms with Gasteiger partial charge in [0.2, 0.25) is 0 Å². The van der Waals surface area contributed by atoms with Gasteiger partial charge in [0.15, 0.2) is 11.4 Å². The van der Waals surface area contributed by atoms with Crippen LogP contribution in [0.2, 0.25) is 0 Å². The van der Waals surface area contributed by atoms with E-state index < -0.39 is 5.97 Å². The molecule has 35 heavy (non-hydrogen) atoms. The number of anilines is 1. The number of aromatic nitrogens is 2. The highest BCUT2D eigenvalue weighted by Crippen LogP contribution is 2.31. The molecule has 1 fully saturated rings. The average Bonchev–Trinajstić information content (AvgIpc) is 2.91. The molecule has 1 saturated heterocycles. The van der Waals surface area contributed by atoms with Crippen molar-refractivity contribution in [3.8, 4) is 16.9 Å². The molecule has 0 aliphatic carbocycles. The molecule has 5 rings (SSSR count). The Morgan fingerprint density at radius 2 is 1.80 bits per heavy atom. The van der Waals surface area contributed by atoms with Crippen LogP contribution in [0.4, 0.5) is 5.69 Å². The van der Waals surface area contributed by atoms with Crippen LogP contribution in [0.25, 0.3) is 22.0 Å². The van der Waals surface area contributed by atoms with E-state index in [2.05, 4.69) is 9.88 Å². The zero-order valence-corrected chi connectivity index (χ0v) is 19.3. The predicted octanol–water partition coefficient (Wildman–Crippen LogP) is 3.44. The van der Waals surface area contributed by atoms with Gasteiger partial charge in [-0.05, 0) is 29.3 Å². The number of hydrogen-bond donors (Lipinski definition) is 1. The summed E-state index contributed by atoms with van der Waals surface area (Å²) in [6.07, 6.45) is 1.43. The van der Waals surface area contributed by atoms with E-state index in [-0.39, 0.29) is 23.5 Å². The Morgan fingerprint density at radius 1 is 1.09 bits per heavy atom. The summed E-state index contributed by atoms with van der Waals surface area (Å²) in [7, 11) is 1.23. The summed E-state index contributed by atoms with van der Waals surface area (Å²) in [5.74, 6) is -1.07. The smallest absolute Gasteiger partial charge is 0.360 e. The molecule has 4 aromatic rings. The molecule has 0 saturated carbocycles. The largest absolute Gasteiger partial charge is 0.505 e. The van der Waals surface area contributed by atoms with Crippen molar-refractivity contribution in [3.63, 3.8) is 0 Å². The number of esters is 1. The van der Waals surface area contributed by atoms with Crippen molar-refractivity contribution in [2.75, 3.05) is 38.3 Å². The minimum absolute atomic E-state index is 0.196. The van der Waals surface area contributed by atoms with Gasteiger partial charge in [-0.25, -0.2) is 9.78 Å². The standard InChI is InChI=1S/C27H25N3O5/c1-34-27(33)24-25(31)22-15-21(19-7-9-20(10-8-19)29-11-13-35-14-12-29)26(32)30(23(22)16-28-24)17-18-5-3-2-4-6-18/h2-10,15-16,31H,11-14,17H2,1H3. The van der Waals surface area contributed by atoms with Gasteiger partial charge in [0.05, 0.1) is 38.6 Å². The van der Waals surface area contributed by atoms with Gasteiger partial charge in [-0.3, -0.25) is 4.79 Å². The Morgan fingerprint density at radius 3 is 2.49 bits per heavy atom. The number of pyridine rings is 2. The second-order valence-electron chi connectivity index (χ2n) is 8.33. The summed E-state index contributed by atoms with van der Waals surface area (Å²) in [6.45, 7) is 3.29. The Hall–Kier alpha value is -4.17. The molecule has 1 N–H and O–H groups in total. The van der Waals surface area contributed by atoms with Crippen LogP contribution >= 0.6 is 0 Å². The number of rotatable bonds is 5. The maximum Gasteiger partial charge on any atom is 0.360 e. The first kappa shape index (κ1) is 22.6. The summed E-state index contributed by atoms with van der Waals surface area (Å²) in [5.41, 5.74) is 3.13. The van der Waals surface area contributed by atoms with Gasteiger partial charge >= 0.3 is 5.97 Å². The molecule has 1 aliphatic rings. The molecule has 0 spiro atoms. The molecule has 8 heteroatoms. The zero-order valence-electron chi connectivity index (χ0n) is 19.3. The second-order valence-corrected chi connectivity index (χ2v) is 8.33. The first-order chi connectivity index (χ1) is 17.1. The van der Waals surface area contributed by atoms with E-state index >= 15 is 0 Å². The number of hydrogen-bond acceptors (Lipinski definition) is 7. The number of aromatic hydroxyl groups is 1. The quantitative estimate of drug-likeness (QED) is 0.446. The summed E-state index contributed by atoms with van der Waals surface area (Å²) < 4.78 is 11.8. The lowest BCUT2D eigenvalue weighted by Gasteiger charge is -2.28.